The van der Waals surface area contributed by atoms with E-state index in [1.54, 1.807) is 24.3 Å². The van der Waals surface area contributed by atoms with Gasteiger partial charge in [-0.15, -0.1) is 0 Å². The lowest BCUT2D eigenvalue weighted by molar-refractivity contribution is -0.121. The molecule has 0 spiro atoms. The summed E-state index contributed by atoms with van der Waals surface area (Å²) in [7, 11) is -3.85. The molecule has 0 aliphatic rings. The molecule has 0 aromatic heterocycles. The van der Waals surface area contributed by atoms with Crippen molar-refractivity contribution in [3.63, 3.8) is 0 Å². The minimum atomic E-state index is -3.85. The summed E-state index contributed by atoms with van der Waals surface area (Å²) in [5.74, 6) is -0.512. The van der Waals surface area contributed by atoms with Crippen molar-refractivity contribution >= 4 is 38.1 Å². The van der Waals surface area contributed by atoms with Gasteiger partial charge in [-0.3, -0.25) is 4.79 Å². The first-order valence-corrected chi connectivity index (χ1v) is 12.3. The Morgan fingerprint density at radius 1 is 1.00 bits per heavy atom. The highest BCUT2D eigenvalue weighted by molar-refractivity contribution is 9.10. The van der Waals surface area contributed by atoms with Gasteiger partial charge in [0.15, 0.2) is 0 Å². The third kappa shape index (κ3) is 6.85. The molecule has 0 saturated heterocycles. The van der Waals surface area contributed by atoms with Crippen molar-refractivity contribution in [1.29, 1.82) is 0 Å². The van der Waals surface area contributed by atoms with Crippen LogP contribution in [0.25, 0.3) is 0 Å². The van der Waals surface area contributed by atoms with Gasteiger partial charge in [0.2, 0.25) is 10.0 Å². The SMILES string of the molecule is Cc1ccc(S(=O)(=O)N(CCc2ccccc2)CC(=O)N/N=C\c2ccc(Br)cc2)cc1. The number of carbonyl (C=O) groups excluding carboxylic acids is 1. The minimum absolute atomic E-state index is 0.155. The Kier molecular flexibility index (Phi) is 8.33. The van der Waals surface area contributed by atoms with Crippen molar-refractivity contribution in [2.24, 2.45) is 5.10 Å². The first kappa shape index (κ1) is 23.8. The first-order chi connectivity index (χ1) is 15.3. The molecule has 32 heavy (non-hydrogen) atoms. The summed E-state index contributed by atoms with van der Waals surface area (Å²) in [4.78, 5) is 12.7. The fourth-order valence-electron chi connectivity index (χ4n) is 2.97. The minimum Gasteiger partial charge on any atom is -0.272 e. The van der Waals surface area contributed by atoms with Gasteiger partial charge in [-0.2, -0.15) is 9.41 Å². The summed E-state index contributed by atoms with van der Waals surface area (Å²) in [6.07, 6.45) is 1.99. The van der Waals surface area contributed by atoms with E-state index in [9.17, 15) is 13.2 Å². The summed E-state index contributed by atoms with van der Waals surface area (Å²) in [5, 5.41) is 3.95. The number of benzene rings is 3. The van der Waals surface area contributed by atoms with Crippen molar-refractivity contribution in [3.8, 4) is 0 Å². The van der Waals surface area contributed by atoms with Crippen molar-refractivity contribution in [3.05, 3.63) is 100 Å². The van der Waals surface area contributed by atoms with Gasteiger partial charge in [-0.05, 0) is 48.7 Å². The molecule has 3 aromatic carbocycles. The van der Waals surface area contributed by atoms with Gasteiger partial charge >= 0.3 is 0 Å². The van der Waals surface area contributed by atoms with Crippen LogP contribution in [0.5, 0.6) is 0 Å². The van der Waals surface area contributed by atoms with E-state index in [1.165, 1.54) is 10.5 Å². The summed E-state index contributed by atoms with van der Waals surface area (Å²) in [6.45, 7) is 1.73. The molecule has 8 heteroatoms. The number of aryl methyl sites for hydroxylation is 1. The smallest absolute Gasteiger partial charge is 0.255 e. The summed E-state index contributed by atoms with van der Waals surface area (Å²) in [6, 6.07) is 23.6. The summed E-state index contributed by atoms with van der Waals surface area (Å²) in [5.41, 5.74) is 5.18. The summed E-state index contributed by atoms with van der Waals surface area (Å²) < 4.78 is 28.6. The monoisotopic (exact) mass is 513 g/mol. The predicted octanol–water partition coefficient (Wildman–Crippen LogP) is 4.14. The Morgan fingerprint density at radius 3 is 2.31 bits per heavy atom. The number of amides is 1. The van der Waals surface area contributed by atoms with Gasteiger partial charge < -0.3 is 0 Å². The zero-order valence-corrected chi connectivity index (χ0v) is 20.0. The van der Waals surface area contributed by atoms with Crippen LogP contribution < -0.4 is 5.43 Å². The molecular weight excluding hydrogens is 490 g/mol. The summed E-state index contributed by atoms with van der Waals surface area (Å²) >= 11 is 3.36. The van der Waals surface area contributed by atoms with Gasteiger partial charge in [-0.1, -0.05) is 76.1 Å². The molecule has 0 heterocycles. The van der Waals surface area contributed by atoms with E-state index >= 15 is 0 Å². The van der Waals surface area contributed by atoms with E-state index in [2.05, 4.69) is 26.5 Å². The van der Waals surface area contributed by atoms with Crippen LogP contribution >= 0.6 is 15.9 Å². The second-order valence-electron chi connectivity index (χ2n) is 7.23. The highest BCUT2D eigenvalue weighted by Crippen LogP contribution is 2.17. The quantitative estimate of drug-likeness (QED) is 0.345. The maximum Gasteiger partial charge on any atom is 0.255 e. The number of nitrogens with zero attached hydrogens (tertiary/aromatic N) is 2. The van der Waals surface area contributed by atoms with E-state index in [0.717, 1.165) is 21.2 Å². The molecule has 0 aliphatic carbocycles. The zero-order chi connectivity index (χ0) is 23.0. The maximum absolute atomic E-state index is 13.2. The zero-order valence-electron chi connectivity index (χ0n) is 17.6. The van der Waals surface area contributed by atoms with E-state index in [4.69, 9.17) is 0 Å². The molecule has 0 unspecified atom stereocenters. The van der Waals surface area contributed by atoms with E-state index in [-0.39, 0.29) is 18.0 Å². The highest BCUT2D eigenvalue weighted by atomic mass is 79.9. The molecule has 166 valence electrons. The van der Waals surface area contributed by atoms with Gasteiger partial charge in [0, 0.05) is 11.0 Å². The van der Waals surface area contributed by atoms with Crippen LogP contribution in [0.2, 0.25) is 0 Å². The molecular formula is C24H24BrN3O3S. The van der Waals surface area contributed by atoms with Crippen molar-refractivity contribution in [2.45, 2.75) is 18.2 Å². The van der Waals surface area contributed by atoms with Gasteiger partial charge in [0.05, 0.1) is 17.7 Å². The normalized spacial score (nSPS) is 11.7. The lowest BCUT2D eigenvalue weighted by Gasteiger charge is -2.21. The number of nitrogens with one attached hydrogen (secondary N) is 1. The molecule has 0 saturated carbocycles. The number of hydrogen-bond donors (Lipinski definition) is 1. The van der Waals surface area contributed by atoms with Crippen molar-refractivity contribution in [1.82, 2.24) is 9.73 Å². The molecule has 0 bridgehead atoms. The van der Waals surface area contributed by atoms with Crippen LogP contribution in [0.1, 0.15) is 16.7 Å². The molecule has 6 nitrogen and oxygen atoms in total. The number of halogens is 1. The number of carbonyl (C=O) groups is 1. The maximum atomic E-state index is 13.2. The van der Waals surface area contributed by atoms with Crippen molar-refractivity contribution in [2.75, 3.05) is 13.1 Å². The van der Waals surface area contributed by atoms with Crippen molar-refractivity contribution < 1.29 is 13.2 Å². The molecule has 0 radical (unpaired) electrons. The Balaban J connectivity index is 1.72. The molecule has 0 fully saturated rings. The predicted molar refractivity (Wildman–Crippen MR) is 130 cm³/mol. The van der Waals surface area contributed by atoms with Crippen LogP contribution in [0.3, 0.4) is 0 Å². The van der Waals surface area contributed by atoms with Crippen LogP contribution in [-0.4, -0.2) is 37.9 Å². The van der Waals surface area contributed by atoms with E-state index in [1.807, 2.05) is 61.5 Å². The third-order valence-corrected chi connectivity index (χ3v) is 7.13. The van der Waals surface area contributed by atoms with Crippen LogP contribution in [0, 0.1) is 6.92 Å². The largest absolute Gasteiger partial charge is 0.272 e. The molecule has 0 atom stereocenters. The number of rotatable bonds is 9. The van der Waals surface area contributed by atoms with E-state index in [0.29, 0.717) is 6.42 Å². The van der Waals surface area contributed by atoms with Gasteiger partial charge in [-0.25, -0.2) is 13.8 Å². The first-order valence-electron chi connectivity index (χ1n) is 10.0. The molecule has 3 aromatic rings. The molecule has 3 rings (SSSR count). The van der Waals surface area contributed by atoms with Crippen LogP contribution in [0.4, 0.5) is 0 Å². The van der Waals surface area contributed by atoms with Crippen LogP contribution in [0.15, 0.2) is 93.3 Å². The Morgan fingerprint density at radius 2 is 1.66 bits per heavy atom. The Bertz CT molecular complexity index is 1160. The number of hydrogen-bond acceptors (Lipinski definition) is 4. The Hall–Kier alpha value is -2.81. The molecule has 1 amide bonds. The Labute approximate surface area is 197 Å². The second kappa shape index (κ2) is 11.2. The number of hydrazone groups is 1. The van der Waals surface area contributed by atoms with Crippen LogP contribution in [-0.2, 0) is 21.2 Å². The van der Waals surface area contributed by atoms with Gasteiger partial charge in [0.1, 0.15) is 0 Å². The molecule has 0 aliphatic heterocycles. The fourth-order valence-corrected chi connectivity index (χ4v) is 4.63. The average molecular weight is 514 g/mol. The molecule has 1 N–H and O–H groups in total. The lowest BCUT2D eigenvalue weighted by atomic mass is 10.1. The standard InChI is InChI=1S/C24H24BrN3O3S/c1-19-7-13-23(14-8-19)32(30,31)28(16-15-20-5-3-2-4-6-20)18-24(29)27-26-17-21-9-11-22(25)12-10-21/h2-14,17H,15-16,18H2,1H3,(H,27,29)/b26-17-. The third-order valence-electron chi connectivity index (χ3n) is 4.74. The topological polar surface area (TPSA) is 78.8 Å². The highest BCUT2D eigenvalue weighted by Gasteiger charge is 2.26. The van der Waals surface area contributed by atoms with E-state index < -0.39 is 15.9 Å². The number of sulfonamides is 1. The van der Waals surface area contributed by atoms with Gasteiger partial charge in [0.25, 0.3) is 5.91 Å². The lowest BCUT2D eigenvalue weighted by Crippen LogP contribution is -2.40. The average Bonchev–Trinajstić information content (AvgIpc) is 2.79. The fraction of sp³-hybridized carbons (Fsp3) is 0.167. The second-order valence-corrected chi connectivity index (χ2v) is 10.1.